The third-order valence-electron chi connectivity index (χ3n) is 3.79. The molecule has 0 bridgehead atoms. The van der Waals surface area contributed by atoms with Gasteiger partial charge in [-0.2, -0.15) is 0 Å². The smallest absolute Gasteiger partial charge is 0.120 e. The van der Waals surface area contributed by atoms with Crippen LogP contribution in [0.2, 0.25) is 0 Å². The predicted octanol–water partition coefficient (Wildman–Crippen LogP) is 4.49. The van der Waals surface area contributed by atoms with Crippen molar-refractivity contribution in [2.75, 3.05) is 0 Å². The molecule has 0 spiro atoms. The average Bonchev–Trinajstić information content (AvgIpc) is 3.14. The van der Waals surface area contributed by atoms with Gasteiger partial charge in [0.05, 0.1) is 6.10 Å². The van der Waals surface area contributed by atoms with E-state index in [2.05, 4.69) is 24.3 Å². The standard InChI is InChI=1S/C15H19ClO/c16-15-7-2-1-6-14(15)11-4-3-5-13(10-11)17-12-8-9-12/h3-5,10,12,14-15H,1-2,6-9H2. The number of hydrogen-bond donors (Lipinski definition) is 0. The predicted molar refractivity (Wildman–Crippen MR) is 70.9 cm³/mol. The fraction of sp³-hybridized carbons (Fsp3) is 0.600. The summed E-state index contributed by atoms with van der Waals surface area (Å²) in [5, 5.41) is 0.305. The molecule has 0 heterocycles. The van der Waals surface area contributed by atoms with E-state index in [4.69, 9.17) is 16.3 Å². The van der Waals surface area contributed by atoms with Crippen molar-refractivity contribution in [1.29, 1.82) is 0 Å². The Bertz CT molecular complexity index is 386. The van der Waals surface area contributed by atoms with Crippen LogP contribution in [0.25, 0.3) is 0 Å². The third kappa shape index (κ3) is 2.77. The molecular formula is C15H19ClO. The van der Waals surface area contributed by atoms with E-state index in [1.807, 2.05) is 0 Å². The van der Waals surface area contributed by atoms with Gasteiger partial charge in [0.15, 0.2) is 0 Å². The Morgan fingerprint density at radius 3 is 2.65 bits per heavy atom. The summed E-state index contributed by atoms with van der Waals surface area (Å²) in [6, 6.07) is 8.56. The second-order valence-corrected chi connectivity index (χ2v) is 5.86. The van der Waals surface area contributed by atoms with Crippen molar-refractivity contribution in [3.05, 3.63) is 29.8 Å². The zero-order valence-electron chi connectivity index (χ0n) is 10.1. The van der Waals surface area contributed by atoms with Gasteiger partial charge >= 0.3 is 0 Å². The Hall–Kier alpha value is -0.690. The Morgan fingerprint density at radius 2 is 1.88 bits per heavy atom. The summed E-state index contributed by atoms with van der Waals surface area (Å²) < 4.78 is 5.85. The van der Waals surface area contributed by atoms with E-state index < -0.39 is 0 Å². The molecule has 0 N–H and O–H groups in total. The Labute approximate surface area is 108 Å². The second kappa shape index (κ2) is 4.89. The lowest BCUT2D eigenvalue weighted by Gasteiger charge is -2.27. The van der Waals surface area contributed by atoms with Crippen LogP contribution in [0.4, 0.5) is 0 Å². The van der Waals surface area contributed by atoms with E-state index in [1.54, 1.807) is 0 Å². The van der Waals surface area contributed by atoms with Crippen molar-refractivity contribution in [3.8, 4) is 5.75 Å². The summed E-state index contributed by atoms with van der Waals surface area (Å²) in [5.41, 5.74) is 1.36. The number of ether oxygens (including phenoxy) is 1. The van der Waals surface area contributed by atoms with Crippen LogP contribution in [0.3, 0.4) is 0 Å². The zero-order chi connectivity index (χ0) is 11.7. The maximum absolute atomic E-state index is 6.45. The minimum Gasteiger partial charge on any atom is -0.490 e. The van der Waals surface area contributed by atoms with Gasteiger partial charge in [-0.1, -0.05) is 25.0 Å². The zero-order valence-corrected chi connectivity index (χ0v) is 10.8. The van der Waals surface area contributed by atoms with Gasteiger partial charge in [0.1, 0.15) is 5.75 Å². The molecule has 2 aliphatic rings. The van der Waals surface area contributed by atoms with Crippen LogP contribution >= 0.6 is 11.6 Å². The maximum atomic E-state index is 6.45. The minimum absolute atomic E-state index is 0.305. The van der Waals surface area contributed by atoms with Crippen molar-refractivity contribution in [3.63, 3.8) is 0 Å². The largest absolute Gasteiger partial charge is 0.490 e. The first-order valence-corrected chi connectivity index (χ1v) is 7.17. The van der Waals surface area contributed by atoms with Gasteiger partial charge in [-0.05, 0) is 43.4 Å². The van der Waals surface area contributed by atoms with Crippen molar-refractivity contribution >= 4 is 11.6 Å². The van der Waals surface area contributed by atoms with E-state index in [0.717, 1.165) is 12.2 Å². The van der Waals surface area contributed by atoms with Gasteiger partial charge in [-0.15, -0.1) is 11.6 Å². The first-order valence-electron chi connectivity index (χ1n) is 6.73. The summed E-state index contributed by atoms with van der Waals surface area (Å²) in [4.78, 5) is 0. The highest BCUT2D eigenvalue weighted by Crippen LogP contribution is 2.38. The molecule has 2 saturated carbocycles. The SMILES string of the molecule is ClC1CCCCC1c1cccc(OC2CC2)c1. The molecule has 3 rings (SSSR count). The summed E-state index contributed by atoms with van der Waals surface area (Å²) in [6.07, 6.45) is 7.87. The van der Waals surface area contributed by atoms with E-state index in [0.29, 0.717) is 17.4 Å². The van der Waals surface area contributed by atoms with Crippen molar-refractivity contribution in [2.24, 2.45) is 0 Å². The fourth-order valence-corrected chi connectivity index (χ4v) is 3.08. The van der Waals surface area contributed by atoms with Gasteiger partial charge in [0.2, 0.25) is 0 Å². The molecule has 0 aromatic heterocycles. The lowest BCUT2D eigenvalue weighted by atomic mass is 9.83. The molecule has 0 saturated heterocycles. The van der Waals surface area contributed by atoms with Gasteiger partial charge in [-0.25, -0.2) is 0 Å². The van der Waals surface area contributed by atoms with E-state index in [9.17, 15) is 0 Å². The normalized spacial score (nSPS) is 29.0. The molecule has 0 amide bonds. The maximum Gasteiger partial charge on any atom is 0.120 e. The molecule has 2 fully saturated rings. The van der Waals surface area contributed by atoms with Gasteiger partial charge < -0.3 is 4.74 Å². The lowest BCUT2D eigenvalue weighted by molar-refractivity contribution is 0.302. The van der Waals surface area contributed by atoms with Crippen molar-refractivity contribution in [2.45, 2.75) is 55.9 Å². The van der Waals surface area contributed by atoms with Gasteiger partial charge in [0.25, 0.3) is 0 Å². The van der Waals surface area contributed by atoms with Gasteiger partial charge in [-0.3, -0.25) is 0 Å². The number of alkyl halides is 1. The van der Waals surface area contributed by atoms with Crippen LogP contribution in [0.1, 0.15) is 50.0 Å². The Balaban J connectivity index is 1.76. The highest BCUT2D eigenvalue weighted by Gasteiger charge is 2.26. The molecule has 2 heteroatoms. The van der Waals surface area contributed by atoms with Crippen molar-refractivity contribution in [1.82, 2.24) is 0 Å². The molecule has 92 valence electrons. The van der Waals surface area contributed by atoms with E-state index in [-0.39, 0.29) is 0 Å². The quantitative estimate of drug-likeness (QED) is 0.718. The minimum atomic E-state index is 0.305. The number of hydrogen-bond acceptors (Lipinski definition) is 1. The average molecular weight is 251 g/mol. The Kier molecular flexibility index (Phi) is 3.28. The molecule has 17 heavy (non-hydrogen) atoms. The molecule has 1 aromatic carbocycles. The first kappa shape index (κ1) is 11.4. The lowest BCUT2D eigenvalue weighted by Crippen LogP contribution is -2.17. The molecular weight excluding hydrogens is 232 g/mol. The monoisotopic (exact) mass is 250 g/mol. The molecule has 2 aliphatic carbocycles. The van der Waals surface area contributed by atoms with Crippen LogP contribution < -0.4 is 4.74 Å². The summed E-state index contributed by atoms with van der Waals surface area (Å²) >= 11 is 6.45. The summed E-state index contributed by atoms with van der Waals surface area (Å²) in [6.45, 7) is 0. The molecule has 2 unspecified atom stereocenters. The van der Waals surface area contributed by atoms with Crippen LogP contribution in [-0.2, 0) is 0 Å². The van der Waals surface area contributed by atoms with Crippen LogP contribution in [0.5, 0.6) is 5.75 Å². The number of rotatable bonds is 3. The van der Waals surface area contributed by atoms with Gasteiger partial charge in [0, 0.05) is 11.3 Å². The molecule has 1 aromatic rings. The summed E-state index contributed by atoms with van der Waals surface area (Å²) in [7, 11) is 0. The topological polar surface area (TPSA) is 9.23 Å². The molecule has 0 aliphatic heterocycles. The highest BCUT2D eigenvalue weighted by molar-refractivity contribution is 6.21. The molecule has 2 atom stereocenters. The first-order chi connectivity index (χ1) is 8.33. The Morgan fingerprint density at radius 1 is 1.06 bits per heavy atom. The molecule has 0 radical (unpaired) electrons. The third-order valence-corrected chi connectivity index (χ3v) is 4.32. The second-order valence-electron chi connectivity index (χ2n) is 5.30. The van der Waals surface area contributed by atoms with Crippen LogP contribution in [0.15, 0.2) is 24.3 Å². The molecule has 1 nitrogen and oxygen atoms in total. The summed E-state index contributed by atoms with van der Waals surface area (Å²) in [5.74, 6) is 1.55. The number of benzene rings is 1. The van der Waals surface area contributed by atoms with E-state index >= 15 is 0 Å². The van der Waals surface area contributed by atoms with Crippen LogP contribution in [-0.4, -0.2) is 11.5 Å². The van der Waals surface area contributed by atoms with Crippen LogP contribution in [0, 0.1) is 0 Å². The fourth-order valence-electron chi connectivity index (χ4n) is 2.66. The van der Waals surface area contributed by atoms with E-state index in [1.165, 1.54) is 37.7 Å². The van der Waals surface area contributed by atoms with Crippen molar-refractivity contribution < 1.29 is 4.74 Å². The highest BCUT2D eigenvalue weighted by atomic mass is 35.5. The number of halogens is 1.